The SMILES string of the molecule is CC(C)OCCOc1ccc(CCN)cc1F. The number of rotatable bonds is 7. The van der Waals surface area contributed by atoms with Crippen molar-refractivity contribution in [2.45, 2.75) is 26.4 Å². The second-order valence-electron chi connectivity index (χ2n) is 4.07. The molecule has 2 N–H and O–H groups in total. The Kier molecular flexibility index (Phi) is 5.94. The highest BCUT2D eigenvalue weighted by Gasteiger charge is 2.04. The van der Waals surface area contributed by atoms with Crippen molar-refractivity contribution in [3.05, 3.63) is 29.6 Å². The minimum Gasteiger partial charge on any atom is -0.488 e. The zero-order chi connectivity index (χ0) is 12.7. The Morgan fingerprint density at radius 2 is 2.06 bits per heavy atom. The summed E-state index contributed by atoms with van der Waals surface area (Å²) >= 11 is 0. The van der Waals surface area contributed by atoms with E-state index in [2.05, 4.69) is 0 Å². The average Bonchev–Trinajstić information content (AvgIpc) is 2.27. The summed E-state index contributed by atoms with van der Waals surface area (Å²) in [5.41, 5.74) is 6.29. The second kappa shape index (κ2) is 7.25. The first-order valence-electron chi connectivity index (χ1n) is 5.86. The van der Waals surface area contributed by atoms with E-state index in [1.54, 1.807) is 6.07 Å². The Hall–Kier alpha value is -1.13. The van der Waals surface area contributed by atoms with Crippen LogP contribution in [0.5, 0.6) is 5.75 Å². The lowest BCUT2D eigenvalue weighted by Gasteiger charge is -2.10. The first-order valence-corrected chi connectivity index (χ1v) is 5.86. The molecule has 0 aromatic heterocycles. The predicted octanol–water partition coefficient (Wildman–Crippen LogP) is 2.13. The standard InChI is InChI=1S/C13H20FNO2/c1-10(2)16-7-8-17-13-4-3-11(5-6-15)9-12(13)14/h3-4,9-10H,5-8,15H2,1-2H3. The maximum Gasteiger partial charge on any atom is 0.165 e. The van der Waals surface area contributed by atoms with Crippen LogP contribution in [-0.2, 0) is 11.2 Å². The lowest BCUT2D eigenvalue weighted by Crippen LogP contribution is -2.12. The molecule has 1 rings (SSSR count). The summed E-state index contributed by atoms with van der Waals surface area (Å²) in [4.78, 5) is 0. The first-order chi connectivity index (χ1) is 8.13. The van der Waals surface area contributed by atoms with Gasteiger partial charge in [-0.2, -0.15) is 0 Å². The Bertz CT molecular complexity index is 342. The molecule has 96 valence electrons. The molecule has 0 spiro atoms. The molecule has 0 heterocycles. The fourth-order valence-electron chi connectivity index (χ4n) is 1.42. The van der Waals surface area contributed by atoms with E-state index in [4.69, 9.17) is 15.2 Å². The van der Waals surface area contributed by atoms with E-state index in [-0.39, 0.29) is 17.7 Å². The molecule has 1 aromatic rings. The third-order valence-electron chi connectivity index (χ3n) is 2.22. The molecule has 0 amide bonds. The van der Waals surface area contributed by atoms with Crippen molar-refractivity contribution in [2.24, 2.45) is 5.73 Å². The first kappa shape index (κ1) is 13.9. The van der Waals surface area contributed by atoms with Gasteiger partial charge in [0.05, 0.1) is 12.7 Å². The van der Waals surface area contributed by atoms with Gasteiger partial charge in [0.2, 0.25) is 0 Å². The van der Waals surface area contributed by atoms with Gasteiger partial charge in [0.1, 0.15) is 6.61 Å². The van der Waals surface area contributed by atoms with Gasteiger partial charge in [0, 0.05) is 0 Å². The molecule has 0 saturated heterocycles. The van der Waals surface area contributed by atoms with Crippen LogP contribution in [-0.4, -0.2) is 25.9 Å². The summed E-state index contributed by atoms with van der Waals surface area (Å²) in [5.74, 6) is -0.0846. The summed E-state index contributed by atoms with van der Waals surface area (Å²) in [6, 6.07) is 4.93. The van der Waals surface area contributed by atoms with Crippen molar-refractivity contribution in [3.8, 4) is 5.75 Å². The van der Waals surface area contributed by atoms with Gasteiger partial charge in [0.15, 0.2) is 11.6 Å². The van der Waals surface area contributed by atoms with E-state index >= 15 is 0 Å². The zero-order valence-electron chi connectivity index (χ0n) is 10.4. The molecular formula is C13H20FNO2. The third-order valence-corrected chi connectivity index (χ3v) is 2.22. The average molecular weight is 241 g/mol. The van der Waals surface area contributed by atoms with E-state index in [0.717, 1.165) is 5.56 Å². The molecule has 3 nitrogen and oxygen atoms in total. The number of halogens is 1. The Balaban J connectivity index is 2.43. The highest BCUT2D eigenvalue weighted by molar-refractivity contribution is 5.29. The van der Waals surface area contributed by atoms with Crippen LogP contribution in [0.2, 0.25) is 0 Å². The lowest BCUT2D eigenvalue weighted by molar-refractivity contribution is 0.0544. The quantitative estimate of drug-likeness (QED) is 0.744. The molecule has 0 fully saturated rings. The van der Waals surface area contributed by atoms with Gasteiger partial charge in [-0.25, -0.2) is 4.39 Å². The normalized spacial score (nSPS) is 10.9. The predicted molar refractivity (Wildman–Crippen MR) is 65.7 cm³/mol. The lowest BCUT2D eigenvalue weighted by atomic mass is 10.1. The molecule has 4 heteroatoms. The number of hydrogen-bond acceptors (Lipinski definition) is 3. The molecule has 0 bridgehead atoms. The van der Waals surface area contributed by atoms with Crippen LogP contribution in [0.1, 0.15) is 19.4 Å². The van der Waals surface area contributed by atoms with Crippen LogP contribution in [0.4, 0.5) is 4.39 Å². The molecule has 0 radical (unpaired) electrons. The van der Waals surface area contributed by atoms with Gasteiger partial charge in [0.25, 0.3) is 0 Å². The van der Waals surface area contributed by atoms with Gasteiger partial charge in [-0.3, -0.25) is 0 Å². The van der Waals surface area contributed by atoms with Crippen molar-refractivity contribution >= 4 is 0 Å². The minimum absolute atomic E-state index is 0.162. The summed E-state index contributed by atoms with van der Waals surface area (Å²) in [7, 11) is 0. The Morgan fingerprint density at radius 3 is 2.65 bits per heavy atom. The molecule has 0 saturated carbocycles. The van der Waals surface area contributed by atoms with Crippen molar-refractivity contribution in [3.63, 3.8) is 0 Å². The Morgan fingerprint density at radius 1 is 1.29 bits per heavy atom. The highest BCUT2D eigenvalue weighted by Crippen LogP contribution is 2.18. The van der Waals surface area contributed by atoms with Crippen molar-refractivity contribution < 1.29 is 13.9 Å². The van der Waals surface area contributed by atoms with E-state index in [1.165, 1.54) is 6.07 Å². The van der Waals surface area contributed by atoms with Crippen molar-refractivity contribution in [1.82, 2.24) is 0 Å². The highest BCUT2D eigenvalue weighted by atomic mass is 19.1. The smallest absolute Gasteiger partial charge is 0.165 e. The van der Waals surface area contributed by atoms with Gasteiger partial charge in [-0.1, -0.05) is 6.07 Å². The van der Waals surface area contributed by atoms with Crippen LogP contribution in [0.25, 0.3) is 0 Å². The number of ether oxygens (including phenoxy) is 2. The Labute approximate surface area is 102 Å². The molecule has 1 aromatic carbocycles. The van der Waals surface area contributed by atoms with Crippen LogP contribution < -0.4 is 10.5 Å². The molecule has 0 atom stereocenters. The molecule has 0 aliphatic rings. The largest absolute Gasteiger partial charge is 0.488 e. The van der Waals surface area contributed by atoms with Gasteiger partial charge >= 0.3 is 0 Å². The van der Waals surface area contributed by atoms with Crippen molar-refractivity contribution in [2.75, 3.05) is 19.8 Å². The summed E-state index contributed by atoms with van der Waals surface area (Å²) in [6.45, 7) is 5.22. The zero-order valence-corrected chi connectivity index (χ0v) is 10.4. The third kappa shape index (κ3) is 5.15. The van der Waals surface area contributed by atoms with Crippen LogP contribution in [0.15, 0.2) is 18.2 Å². The number of benzene rings is 1. The fraction of sp³-hybridized carbons (Fsp3) is 0.538. The van der Waals surface area contributed by atoms with E-state index in [1.807, 2.05) is 19.9 Å². The van der Waals surface area contributed by atoms with Gasteiger partial charge < -0.3 is 15.2 Å². The summed E-state index contributed by atoms with van der Waals surface area (Å²) in [5, 5.41) is 0. The molecule has 17 heavy (non-hydrogen) atoms. The fourth-order valence-corrected chi connectivity index (χ4v) is 1.42. The summed E-state index contributed by atoms with van der Waals surface area (Å²) in [6.07, 6.45) is 0.837. The van der Waals surface area contributed by atoms with Crippen LogP contribution in [0.3, 0.4) is 0 Å². The van der Waals surface area contributed by atoms with Gasteiger partial charge in [-0.05, 0) is 44.5 Å². The maximum absolute atomic E-state index is 13.6. The van der Waals surface area contributed by atoms with Crippen molar-refractivity contribution in [1.29, 1.82) is 0 Å². The van der Waals surface area contributed by atoms with Gasteiger partial charge in [-0.15, -0.1) is 0 Å². The second-order valence-corrected chi connectivity index (χ2v) is 4.07. The van der Waals surface area contributed by atoms with E-state index in [9.17, 15) is 4.39 Å². The van der Waals surface area contributed by atoms with Crippen LogP contribution >= 0.6 is 0 Å². The maximum atomic E-state index is 13.6. The molecule has 0 aliphatic carbocycles. The number of hydrogen-bond donors (Lipinski definition) is 1. The van der Waals surface area contributed by atoms with E-state index < -0.39 is 0 Å². The topological polar surface area (TPSA) is 44.5 Å². The monoisotopic (exact) mass is 241 g/mol. The molecular weight excluding hydrogens is 221 g/mol. The minimum atomic E-state index is -0.347. The van der Waals surface area contributed by atoms with E-state index in [0.29, 0.717) is 26.2 Å². The van der Waals surface area contributed by atoms with Crippen LogP contribution in [0, 0.1) is 5.82 Å². The number of nitrogens with two attached hydrogens (primary N) is 1. The molecule has 0 aliphatic heterocycles. The summed E-state index contributed by atoms with van der Waals surface area (Å²) < 4.78 is 24.1. The molecule has 0 unspecified atom stereocenters.